The van der Waals surface area contributed by atoms with Gasteiger partial charge in [0.2, 0.25) is 0 Å². The van der Waals surface area contributed by atoms with Crippen LogP contribution in [0.4, 0.5) is 0 Å². The van der Waals surface area contributed by atoms with Crippen molar-refractivity contribution in [3.8, 4) is 0 Å². The Morgan fingerprint density at radius 2 is 2.40 bits per heavy atom. The maximum absolute atomic E-state index is 10.7. The van der Waals surface area contributed by atoms with E-state index in [1.807, 2.05) is 12.3 Å². The van der Waals surface area contributed by atoms with E-state index in [4.69, 9.17) is 11.7 Å². The smallest absolute Gasteiger partial charge is 0.265 e. The van der Waals surface area contributed by atoms with Crippen LogP contribution in [-0.4, -0.2) is 12.0 Å². The standard InChI is InChI=1S/C5H13N3O2/c1-2-3-4(10-7)5(9)8-6/h4H,2-3,6-7H2,1H3,(H,8,9). The molecule has 60 valence electrons. The number of amides is 1. The molecule has 0 aliphatic rings. The molecule has 0 saturated carbocycles. The Hall–Kier alpha value is -0.650. The van der Waals surface area contributed by atoms with Crippen LogP contribution >= 0.6 is 0 Å². The second kappa shape index (κ2) is 5.16. The second-order valence-electron chi connectivity index (χ2n) is 1.92. The van der Waals surface area contributed by atoms with Gasteiger partial charge in [-0.2, -0.15) is 0 Å². The summed E-state index contributed by atoms with van der Waals surface area (Å²) in [6.45, 7) is 1.93. The van der Waals surface area contributed by atoms with Crippen LogP contribution in [-0.2, 0) is 9.63 Å². The van der Waals surface area contributed by atoms with Crippen molar-refractivity contribution in [2.24, 2.45) is 11.7 Å². The Labute approximate surface area is 59.6 Å². The fourth-order valence-corrected chi connectivity index (χ4v) is 0.616. The summed E-state index contributed by atoms with van der Waals surface area (Å²) < 4.78 is 0. The number of hydrazine groups is 1. The van der Waals surface area contributed by atoms with E-state index >= 15 is 0 Å². The minimum Gasteiger partial charge on any atom is -0.292 e. The zero-order chi connectivity index (χ0) is 7.98. The first kappa shape index (κ1) is 9.35. The molecule has 0 aromatic heterocycles. The molecule has 0 bridgehead atoms. The highest BCUT2D eigenvalue weighted by atomic mass is 16.6. The number of hydrogen-bond acceptors (Lipinski definition) is 4. The summed E-state index contributed by atoms with van der Waals surface area (Å²) in [5.41, 5.74) is 1.96. The number of carbonyl (C=O) groups excluding carboxylic acids is 1. The van der Waals surface area contributed by atoms with E-state index in [2.05, 4.69) is 4.84 Å². The molecule has 0 rings (SSSR count). The highest BCUT2D eigenvalue weighted by Gasteiger charge is 2.15. The molecule has 1 unspecified atom stereocenters. The second-order valence-corrected chi connectivity index (χ2v) is 1.92. The quantitative estimate of drug-likeness (QED) is 0.271. The Morgan fingerprint density at radius 3 is 2.70 bits per heavy atom. The van der Waals surface area contributed by atoms with Gasteiger partial charge in [-0.05, 0) is 6.42 Å². The largest absolute Gasteiger partial charge is 0.292 e. The molecule has 5 N–H and O–H groups in total. The molecule has 0 aromatic carbocycles. The van der Waals surface area contributed by atoms with E-state index in [0.717, 1.165) is 6.42 Å². The SMILES string of the molecule is CCCC(ON)C(=O)NN. The third kappa shape index (κ3) is 2.77. The van der Waals surface area contributed by atoms with Crippen LogP contribution in [0.25, 0.3) is 0 Å². The molecule has 0 aromatic rings. The molecule has 5 nitrogen and oxygen atoms in total. The van der Waals surface area contributed by atoms with Crippen molar-refractivity contribution in [2.75, 3.05) is 0 Å². The number of carbonyl (C=O) groups is 1. The van der Waals surface area contributed by atoms with Crippen LogP contribution in [0.2, 0.25) is 0 Å². The molecule has 0 heterocycles. The molecule has 5 heteroatoms. The Morgan fingerprint density at radius 1 is 1.80 bits per heavy atom. The van der Waals surface area contributed by atoms with Crippen LogP contribution in [0, 0.1) is 0 Å². The predicted octanol–water partition coefficient (Wildman–Crippen LogP) is -0.965. The summed E-state index contributed by atoms with van der Waals surface area (Å²) >= 11 is 0. The monoisotopic (exact) mass is 147 g/mol. The minimum atomic E-state index is -0.616. The van der Waals surface area contributed by atoms with E-state index in [-0.39, 0.29) is 5.91 Å². The lowest BCUT2D eigenvalue weighted by Crippen LogP contribution is -2.41. The molecule has 1 amide bonds. The van der Waals surface area contributed by atoms with E-state index in [0.29, 0.717) is 6.42 Å². The lowest BCUT2D eigenvalue weighted by molar-refractivity contribution is -0.133. The van der Waals surface area contributed by atoms with Gasteiger partial charge in [0.25, 0.3) is 5.91 Å². The summed E-state index contributed by atoms with van der Waals surface area (Å²) in [7, 11) is 0. The fourth-order valence-electron chi connectivity index (χ4n) is 0.616. The molecular formula is C5H13N3O2. The zero-order valence-electron chi connectivity index (χ0n) is 5.96. The molecule has 0 aliphatic carbocycles. The highest BCUT2D eigenvalue weighted by molar-refractivity contribution is 5.79. The van der Waals surface area contributed by atoms with Crippen LogP contribution in [0.3, 0.4) is 0 Å². The third-order valence-corrected chi connectivity index (χ3v) is 1.15. The zero-order valence-corrected chi connectivity index (χ0v) is 5.96. The van der Waals surface area contributed by atoms with Gasteiger partial charge in [-0.15, -0.1) is 0 Å². The third-order valence-electron chi connectivity index (χ3n) is 1.15. The maximum atomic E-state index is 10.7. The van der Waals surface area contributed by atoms with Gasteiger partial charge in [-0.1, -0.05) is 13.3 Å². The Bertz CT molecular complexity index is 107. The number of nitrogens with two attached hydrogens (primary N) is 2. The van der Waals surface area contributed by atoms with Gasteiger partial charge in [0.05, 0.1) is 0 Å². The first-order chi connectivity index (χ1) is 4.76. The van der Waals surface area contributed by atoms with Crippen molar-refractivity contribution in [3.05, 3.63) is 0 Å². The first-order valence-corrected chi connectivity index (χ1v) is 3.12. The number of nitrogens with one attached hydrogen (secondary N) is 1. The van der Waals surface area contributed by atoms with Crippen LogP contribution in [0.15, 0.2) is 0 Å². The van der Waals surface area contributed by atoms with Crippen LogP contribution in [0.5, 0.6) is 0 Å². The van der Waals surface area contributed by atoms with E-state index in [1.165, 1.54) is 0 Å². The fraction of sp³-hybridized carbons (Fsp3) is 0.800. The number of hydrogen-bond donors (Lipinski definition) is 3. The number of rotatable bonds is 4. The summed E-state index contributed by atoms with van der Waals surface area (Å²) in [6, 6.07) is 0. The van der Waals surface area contributed by atoms with E-state index < -0.39 is 6.10 Å². The predicted molar refractivity (Wildman–Crippen MR) is 36.3 cm³/mol. The summed E-state index contributed by atoms with van der Waals surface area (Å²) in [4.78, 5) is 15.0. The van der Waals surface area contributed by atoms with Gasteiger partial charge in [0.1, 0.15) is 0 Å². The average Bonchev–Trinajstić information content (AvgIpc) is 1.99. The molecule has 0 saturated heterocycles. The summed E-state index contributed by atoms with van der Waals surface area (Å²) in [5.74, 6) is 9.28. The first-order valence-electron chi connectivity index (χ1n) is 3.12. The Kier molecular flexibility index (Phi) is 4.82. The Balaban J connectivity index is 3.68. The summed E-state index contributed by atoms with van der Waals surface area (Å²) in [6.07, 6.45) is 0.796. The van der Waals surface area contributed by atoms with E-state index in [1.54, 1.807) is 0 Å². The van der Waals surface area contributed by atoms with E-state index in [9.17, 15) is 4.79 Å². The van der Waals surface area contributed by atoms with Crippen molar-refractivity contribution < 1.29 is 9.63 Å². The van der Waals surface area contributed by atoms with Crippen molar-refractivity contribution in [3.63, 3.8) is 0 Å². The molecule has 0 radical (unpaired) electrons. The van der Waals surface area contributed by atoms with Crippen LogP contribution < -0.4 is 17.2 Å². The molecule has 0 fully saturated rings. The van der Waals surface area contributed by atoms with Crippen molar-refractivity contribution >= 4 is 5.91 Å². The molecule has 0 spiro atoms. The van der Waals surface area contributed by atoms with Gasteiger partial charge in [0, 0.05) is 0 Å². The molecule has 0 aliphatic heterocycles. The molecule has 10 heavy (non-hydrogen) atoms. The normalized spacial score (nSPS) is 12.7. The van der Waals surface area contributed by atoms with Crippen molar-refractivity contribution in [1.29, 1.82) is 0 Å². The van der Waals surface area contributed by atoms with Crippen molar-refractivity contribution in [2.45, 2.75) is 25.9 Å². The minimum absolute atomic E-state index is 0.385. The lowest BCUT2D eigenvalue weighted by Gasteiger charge is -2.09. The molecule has 1 atom stereocenters. The lowest BCUT2D eigenvalue weighted by atomic mass is 10.2. The van der Waals surface area contributed by atoms with Crippen molar-refractivity contribution in [1.82, 2.24) is 5.43 Å². The van der Waals surface area contributed by atoms with Gasteiger partial charge >= 0.3 is 0 Å². The average molecular weight is 147 g/mol. The molecular weight excluding hydrogens is 134 g/mol. The summed E-state index contributed by atoms with van der Waals surface area (Å²) in [5, 5.41) is 0. The highest BCUT2D eigenvalue weighted by Crippen LogP contribution is 1.97. The van der Waals surface area contributed by atoms with Gasteiger partial charge in [0.15, 0.2) is 6.10 Å². The van der Waals surface area contributed by atoms with Gasteiger partial charge in [-0.3, -0.25) is 15.1 Å². The maximum Gasteiger partial charge on any atom is 0.265 e. The van der Waals surface area contributed by atoms with Gasteiger partial charge < -0.3 is 0 Å². The van der Waals surface area contributed by atoms with Crippen LogP contribution in [0.1, 0.15) is 19.8 Å². The topological polar surface area (TPSA) is 90.4 Å². The van der Waals surface area contributed by atoms with Gasteiger partial charge in [-0.25, -0.2) is 11.7 Å².